The maximum atomic E-state index is 10.8. The lowest BCUT2D eigenvalue weighted by Crippen LogP contribution is -2.01. The molecule has 5 heteroatoms. The van der Waals surface area contributed by atoms with Crippen LogP contribution < -0.4 is 0 Å². The van der Waals surface area contributed by atoms with E-state index in [0.29, 0.717) is 11.6 Å². The summed E-state index contributed by atoms with van der Waals surface area (Å²) in [7, 11) is 0. The normalized spacial score (nSPS) is 15.7. The van der Waals surface area contributed by atoms with Gasteiger partial charge in [-0.15, -0.1) is 0 Å². The standard InChI is InChI=1S/C10H9N3O2/c14-10(15)7-5-9-11-4-3-8(6-1-2-6)13(9)12-7/h3-6H,1-2H2,(H,14,15). The van der Waals surface area contributed by atoms with Crippen LogP contribution in [0.1, 0.15) is 34.9 Å². The van der Waals surface area contributed by atoms with Gasteiger partial charge in [-0.05, 0) is 18.9 Å². The molecule has 1 fully saturated rings. The molecule has 2 aromatic heterocycles. The van der Waals surface area contributed by atoms with Crippen LogP contribution in [0, 0.1) is 0 Å². The molecule has 15 heavy (non-hydrogen) atoms. The number of rotatable bonds is 2. The van der Waals surface area contributed by atoms with Crippen molar-refractivity contribution in [3.8, 4) is 0 Å². The average Bonchev–Trinajstić information content (AvgIpc) is 2.95. The molecule has 0 saturated heterocycles. The van der Waals surface area contributed by atoms with Gasteiger partial charge < -0.3 is 5.11 Å². The molecular weight excluding hydrogens is 194 g/mol. The van der Waals surface area contributed by atoms with Gasteiger partial charge in [0.1, 0.15) is 0 Å². The molecule has 0 unspecified atom stereocenters. The first-order chi connectivity index (χ1) is 7.25. The molecule has 2 aromatic rings. The van der Waals surface area contributed by atoms with Crippen molar-refractivity contribution in [3.05, 3.63) is 29.7 Å². The highest BCUT2D eigenvalue weighted by Gasteiger charge is 2.27. The van der Waals surface area contributed by atoms with Crippen LogP contribution in [0.5, 0.6) is 0 Å². The molecule has 0 bridgehead atoms. The fourth-order valence-electron chi connectivity index (χ4n) is 1.71. The van der Waals surface area contributed by atoms with Crippen LogP contribution in [0.4, 0.5) is 0 Å². The van der Waals surface area contributed by atoms with E-state index >= 15 is 0 Å². The van der Waals surface area contributed by atoms with Crippen molar-refractivity contribution >= 4 is 11.6 Å². The van der Waals surface area contributed by atoms with Crippen LogP contribution in [0.2, 0.25) is 0 Å². The second-order valence-corrected chi connectivity index (χ2v) is 3.75. The molecule has 1 saturated carbocycles. The van der Waals surface area contributed by atoms with Gasteiger partial charge >= 0.3 is 5.97 Å². The predicted molar refractivity (Wildman–Crippen MR) is 51.9 cm³/mol. The number of carbonyl (C=O) groups is 1. The van der Waals surface area contributed by atoms with E-state index in [0.717, 1.165) is 18.5 Å². The Labute approximate surface area is 85.4 Å². The summed E-state index contributed by atoms with van der Waals surface area (Å²) in [6, 6.07) is 3.40. The third kappa shape index (κ3) is 1.27. The lowest BCUT2D eigenvalue weighted by Gasteiger charge is -2.00. The van der Waals surface area contributed by atoms with Crippen molar-refractivity contribution < 1.29 is 9.90 Å². The second kappa shape index (κ2) is 2.79. The Hall–Kier alpha value is -1.91. The molecule has 0 radical (unpaired) electrons. The summed E-state index contributed by atoms with van der Waals surface area (Å²) in [6.07, 6.45) is 4.01. The maximum absolute atomic E-state index is 10.8. The van der Waals surface area contributed by atoms with Gasteiger partial charge in [0.15, 0.2) is 11.3 Å². The van der Waals surface area contributed by atoms with Crippen LogP contribution in [-0.4, -0.2) is 25.7 Å². The summed E-state index contributed by atoms with van der Waals surface area (Å²) in [5.74, 6) is -0.487. The number of hydrogen-bond donors (Lipinski definition) is 1. The zero-order valence-corrected chi connectivity index (χ0v) is 7.92. The molecule has 1 aliphatic rings. The topological polar surface area (TPSA) is 67.5 Å². The highest BCUT2D eigenvalue weighted by Crippen LogP contribution is 2.39. The van der Waals surface area contributed by atoms with Crippen molar-refractivity contribution in [1.82, 2.24) is 14.6 Å². The summed E-state index contributed by atoms with van der Waals surface area (Å²) in [5, 5.41) is 12.9. The second-order valence-electron chi connectivity index (χ2n) is 3.75. The molecule has 0 spiro atoms. The Morgan fingerprint density at radius 2 is 2.33 bits per heavy atom. The fraction of sp³-hybridized carbons (Fsp3) is 0.300. The van der Waals surface area contributed by atoms with E-state index in [1.807, 2.05) is 6.07 Å². The number of fused-ring (bicyclic) bond motifs is 1. The lowest BCUT2D eigenvalue weighted by atomic mass is 10.3. The van der Waals surface area contributed by atoms with Gasteiger partial charge in [0.2, 0.25) is 0 Å². The Kier molecular flexibility index (Phi) is 1.56. The Bertz CT molecular complexity index is 543. The largest absolute Gasteiger partial charge is 0.476 e. The van der Waals surface area contributed by atoms with Gasteiger partial charge in [-0.25, -0.2) is 14.3 Å². The first-order valence-electron chi connectivity index (χ1n) is 4.83. The summed E-state index contributed by atoms with van der Waals surface area (Å²) in [5.41, 5.74) is 1.72. The minimum atomic E-state index is -1.01. The lowest BCUT2D eigenvalue weighted by molar-refractivity contribution is 0.0690. The Morgan fingerprint density at radius 1 is 1.53 bits per heavy atom. The van der Waals surface area contributed by atoms with E-state index < -0.39 is 5.97 Å². The van der Waals surface area contributed by atoms with Gasteiger partial charge in [-0.2, -0.15) is 5.10 Å². The summed E-state index contributed by atoms with van der Waals surface area (Å²) >= 11 is 0. The number of nitrogens with zero attached hydrogens (tertiary/aromatic N) is 3. The number of carboxylic acids is 1. The van der Waals surface area contributed by atoms with E-state index in [2.05, 4.69) is 10.1 Å². The molecular formula is C10H9N3O2. The van der Waals surface area contributed by atoms with Crippen LogP contribution >= 0.6 is 0 Å². The zero-order chi connectivity index (χ0) is 10.4. The molecule has 2 heterocycles. The number of carboxylic acid groups (broad SMARTS) is 1. The van der Waals surface area contributed by atoms with E-state index in [9.17, 15) is 4.79 Å². The first-order valence-corrected chi connectivity index (χ1v) is 4.83. The number of hydrogen-bond acceptors (Lipinski definition) is 3. The third-order valence-electron chi connectivity index (χ3n) is 2.60. The van der Waals surface area contributed by atoms with Crippen molar-refractivity contribution in [2.24, 2.45) is 0 Å². The molecule has 1 N–H and O–H groups in total. The molecule has 0 atom stereocenters. The SMILES string of the molecule is O=C(O)c1cc2nccc(C3CC3)n2n1. The highest BCUT2D eigenvalue weighted by molar-refractivity contribution is 5.86. The van der Waals surface area contributed by atoms with Crippen LogP contribution in [0.3, 0.4) is 0 Å². The van der Waals surface area contributed by atoms with Crippen LogP contribution in [-0.2, 0) is 0 Å². The number of aromatic carboxylic acids is 1. The molecule has 0 amide bonds. The Morgan fingerprint density at radius 3 is 3.00 bits per heavy atom. The first kappa shape index (κ1) is 8.40. The molecule has 76 valence electrons. The number of aromatic nitrogens is 3. The maximum Gasteiger partial charge on any atom is 0.356 e. The molecule has 0 aliphatic heterocycles. The van der Waals surface area contributed by atoms with Crippen molar-refractivity contribution in [3.63, 3.8) is 0 Å². The monoisotopic (exact) mass is 203 g/mol. The summed E-state index contributed by atoms with van der Waals surface area (Å²) < 4.78 is 1.64. The van der Waals surface area contributed by atoms with Crippen LogP contribution in [0.15, 0.2) is 18.3 Å². The van der Waals surface area contributed by atoms with Crippen molar-refractivity contribution in [2.45, 2.75) is 18.8 Å². The average molecular weight is 203 g/mol. The summed E-state index contributed by atoms with van der Waals surface area (Å²) in [4.78, 5) is 14.9. The van der Waals surface area contributed by atoms with E-state index in [-0.39, 0.29) is 5.69 Å². The smallest absolute Gasteiger partial charge is 0.356 e. The van der Waals surface area contributed by atoms with Crippen molar-refractivity contribution in [2.75, 3.05) is 0 Å². The van der Waals surface area contributed by atoms with Gasteiger partial charge in [-0.1, -0.05) is 0 Å². The molecule has 0 aromatic carbocycles. The molecule has 1 aliphatic carbocycles. The van der Waals surface area contributed by atoms with E-state index in [1.54, 1.807) is 10.7 Å². The fourth-order valence-corrected chi connectivity index (χ4v) is 1.71. The van der Waals surface area contributed by atoms with Gasteiger partial charge in [-0.3, -0.25) is 0 Å². The van der Waals surface area contributed by atoms with E-state index in [4.69, 9.17) is 5.11 Å². The molecule has 3 rings (SSSR count). The van der Waals surface area contributed by atoms with Gasteiger partial charge in [0, 0.05) is 23.9 Å². The molecule has 5 nitrogen and oxygen atoms in total. The van der Waals surface area contributed by atoms with Crippen molar-refractivity contribution in [1.29, 1.82) is 0 Å². The van der Waals surface area contributed by atoms with Gasteiger partial charge in [0.25, 0.3) is 0 Å². The third-order valence-corrected chi connectivity index (χ3v) is 2.60. The minimum Gasteiger partial charge on any atom is -0.476 e. The quantitative estimate of drug-likeness (QED) is 0.798. The minimum absolute atomic E-state index is 0.0515. The van der Waals surface area contributed by atoms with Crippen LogP contribution in [0.25, 0.3) is 5.65 Å². The van der Waals surface area contributed by atoms with Gasteiger partial charge in [0.05, 0.1) is 0 Å². The van der Waals surface area contributed by atoms with E-state index in [1.165, 1.54) is 6.07 Å². The summed E-state index contributed by atoms with van der Waals surface area (Å²) in [6.45, 7) is 0. The zero-order valence-electron chi connectivity index (χ0n) is 7.92. The predicted octanol–water partition coefficient (Wildman–Crippen LogP) is 1.30. The highest BCUT2D eigenvalue weighted by atomic mass is 16.4. The Balaban J connectivity index is 2.24.